The van der Waals surface area contributed by atoms with Gasteiger partial charge in [0.05, 0.1) is 6.04 Å². The molecule has 0 aromatic rings. The third-order valence-electron chi connectivity index (χ3n) is 1.48. The van der Waals surface area contributed by atoms with Gasteiger partial charge in [0.25, 0.3) is 0 Å². The maximum Gasteiger partial charge on any atom is 0.149 e. The van der Waals surface area contributed by atoms with Crippen LogP contribution in [0.25, 0.3) is 0 Å². The van der Waals surface area contributed by atoms with E-state index in [0.717, 1.165) is 6.42 Å². The number of hydrogen-bond acceptors (Lipinski definition) is 2. The van der Waals surface area contributed by atoms with Crippen LogP contribution >= 0.6 is 0 Å². The monoisotopic (exact) mass is 143 g/mol. The molecule has 0 radical (unpaired) electrons. The molecule has 0 aliphatic carbocycles. The molecule has 2 nitrogen and oxygen atoms in total. The van der Waals surface area contributed by atoms with Crippen LogP contribution in [-0.4, -0.2) is 11.8 Å². The first-order valence-corrected chi connectivity index (χ1v) is 3.82. The smallest absolute Gasteiger partial charge is 0.149 e. The molecule has 1 atom stereocenters. The van der Waals surface area contributed by atoms with Gasteiger partial charge in [-0.15, -0.1) is 0 Å². The maximum absolute atomic E-state index is 10.9. The van der Waals surface area contributed by atoms with Crippen LogP contribution in [0.1, 0.15) is 33.6 Å². The molecular formula is C8H17NO. The largest absolute Gasteiger partial charge is 0.322 e. The summed E-state index contributed by atoms with van der Waals surface area (Å²) in [6, 6.07) is -0.279. The molecule has 0 bridgehead atoms. The van der Waals surface area contributed by atoms with Crippen LogP contribution in [0, 0.1) is 5.92 Å². The Morgan fingerprint density at radius 3 is 2.20 bits per heavy atom. The van der Waals surface area contributed by atoms with Gasteiger partial charge in [0.15, 0.2) is 0 Å². The molecule has 10 heavy (non-hydrogen) atoms. The van der Waals surface area contributed by atoms with Gasteiger partial charge >= 0.3 is 0 Å². The van der Waals surface area contributed by atoms with E-state index in [9.17, 15) is 4.79 Å². The first-order valence-electron chi connectivity index (χ1n) is 3.82. The van der Waals surface area contributed by atoms with Crippen LogP contribution in [-0.2, 0) is 4.79 Å². The third kappa shape index (κ3) is 4.50. The Hall–Kier alpha value is -0.370. The van der Waals surface area contributed by atoms with Crippen LogP contribution in [0.2, 0.25) is 0 Å². The summed E-state index contributed by atoms with van der Waals surface area (Å²) in [6.07, 6.45) is 1.59. The fourth-order valence-corrected chi connectivity index (χ4v) is 0.659. The number of Topliss-reactive ketones (excluding diaryl/α,β-unsaturated/α-hetero) is 1. The van der Waals surface area contributed by atoms with Crippen molar-refractivity contribution < 1.29 is 4.79 Å². The second kappa shape index (κ2) is 4.45. The highest BCUT2D eigenvalue weighted by atomic mass is 16.1. The van der Waals surface area contributed by atoms with Gasteiger partial charge in [-0.05, 0) is 19.3 Å². The first kappa shape index (κ1) is 9.63. The van der Waals surface area contributed by atoms with Gasteiger partial charge < -0.3 is 5.73 Å². The zero-order valence-electron chi connectivity index (χ0n) is 7.05. The molecule has 2 N–H and O–H groups in total. The molecule has 0 rings (SSSR count). The van der Waals surface area contributed by atoms with E-state index in [0.29, 0.717) is 12.3 Å². The molecule has 0 saturated carbocycles. The minimum Gasteiger partial charge on any atom is -0.322 e. The Kier molecular flexibility index (Phi) is 4.28. The number of carbonyl (C=O) groups is 1. The van der Waals surface area contributed by atoms with E-state index in [2.05, 4.69) is 13.8 Å². The van der Waals surface area contributed by atoms with Crippen molar-refractivity contribution >= 4 is 5.78 Å². The summed E-state index contributed by atoms with van der Waals surface area (Å²) in [6.45, 7) is 5.95. The van der Waals surface area contributed by atoms with E-state index in [1.807, 2.05) is 0 Å². The average molecular weight is 143 g/mol. The molecule has 1 unspecified atom stereocenters. The van der Waals surface area contributed by atoms with Crippen molar-refractivity contribution in [3.05, 3.63) is 0 Å². The highest BCUT2D eigenvalue weighted by Crippen LogP contribution is 2.04. The summed E-state index contributed by atoms with van der Waals surface area (Å²) in [5, 5.41) is 0. The molecule has 0 heterocycles. The zero-order valence-corrected chi connectivity index (χ0v) is 7.05. The molecule has 0 amide bonds. The lowest BCUT2D eigenvalue weighted by Crippen LogP contribution is -2.26. The Balaban J connectivity index is 3.40. The number of carbonyl (C=O) groups excluding carboxylic acids is 1. The van der Waals surface area contributed by atoms with Gasteiger partial charge in [-0.3, -0.25) is 4.79 Å². The fourth-order valence-electron chi connectivity index (χ4n) is 0.659. The van der Waals surface area contributed by atoms with Crippen LogP contribution in [0.3, 0.4) is 0 Å². The van der Waals surface area contributed by atoms with Gasteiger partial charge in [-0.1, -0.05) is 13.8 Å². The van der Waals surface area contributed by atoms with Crippen LogP contribution in [0.4, 0.5) is 0 Å². The van der Waals surface area contributed by atoms with Crippen molar-refractivity contribution in [2.24, 2.45) is 11.7 Å². The van der Waals surface area contributed by atoms with Crippen LogP contribution in [0.15, 0.2) is 0 Å². The van der Waals surface area contributed by atoms with E-state index in [4.69, 9.17) is 5.73 Å². The molecule has 0 aromatic carbocycles. The lowest BCUT2D eigenvalue weighted by molar-refractivity contribution is -0.120. The summed E-state index contributed by atoms with van der Waals surface area (Å²) in [5.41, 5.74) is 5.37. The molecule has 2 heteroatoms. The fraction of sp³-hybridized carbons (Fsp3) is 0.875. The predicted molar refractivity (Wildman–Crippen MR) is 42.7 cm³/mol. The average Bonchev–Trinajstić information content (AvgIpc) is 1.82. The zero-order chi connectivity index (χ0) is 8.15. The second-order valence-corrected chi connectivity index (χ2v) is 3.19. The molecule has 0 spiro atoms. The standard InChI is InChI=1S/C8H17NO/c1-6(2)4-5-8(10)7(3)9/h6-7H,4-5,9H2,1-3H3. The van der Waals surface area contributed by atoms with Crippen LogP contribution in [0.5, 0.6) is 0 Å². The van der Waals surface area contributed by atoms with Crippen LogP contribution < -0.4 is 5.73 Å². The summed E-state index contributed by atoms with van der Waals surface area (Å²) in [5.74, 6) is 0.774. The second-order valence-electron chi connectivity index (χ2n) is 3.19. The van der Waals surface area contributed by atoms with E-state index in [1.54, 1.807) is 6.92 Å². The number of nitrogens with two attached hydrogens (primary N) is 1. The molecule has 0 fully saturated rings. The molecule has 60 valence electrons. The topological polar surface area (TPSA) is 43.1 Å². The van der Waals surface area contributed by atoms with Gasteiger partial charge in [0.1, 0.15) is 5.78 Å². The van der Waals surface area contributed by atoms with E-state index >= 15 is 0 Å². The van der Waals surface area contributed by atoms with Crippen molar-refractivity contribution in [3.63, 3.8) is 0 Å². The Morgan fingerprint density at radius 1 is 1.40 bits per heavy atom. The molecule has 0 aliphatic rings. The Bertz CT molecular complexity index is 108. The minimum absolute atomic E-state index is 0.175. The summed E-state index contributed by atoms with van der Waals surface area (Å²) in [7, 11) is 0. The molecule has 0 aromatic heterocycles. The normalized spacial score (nSPS) is 13.7. The van der Waals surface area contributed by atoms with Gasteiger partial charge in [0, 0.05) is 6.42 Å². The summed E-state index contributed by atoms with van der Waals surface area (Å²) >= 11 is 0. The molecular weight excluding hydrogens is 126 g/mol. The SMILES string of the molecule is CC(C)CCC(=O)C(C)N. The van der Waals surface area contributed by atoms with Crippen molar-refractivity contribution in [3.8, 4) is 0 Å². The maximum atomic E-state index is 10.9. The van der Waals surface area contributed by atoms with Gasteiger partial charge in [-0.25, -0.2) is 0 Å². The first-order chi connectivity index (χ1) is 4.54. The van der Waals surface area contributed by atoms with E-state index < -0.39 is 0 Å². The predicted octanol–water partition coefficient (Wildman–Crippen LogP) is 1.34. The van der Waals surface area contributed by atoms with Gasteiger partial charge in [0.2, 0.25) is 0 Å². The molecule has 0 saturated heterocycles. The van der Waals surface area contributed by atoms with E-state index in [-0.39, 0.29) is 11.8 Å². The molecule has 0 aliphatic heterocycles. The highest BCUT2D eigenvalue weighted by molar-refractivity contribution is 5.83. The summed E-state index contributed by atoms with van der Waals surface area (Å²) < 4.78 is 0. The minimum atomic E-state index is -0.279. The Labute approximate surface area is 62.8 Å². The number of hydrogen-bond donors (Lipinski definition) is 1. The van der Waals surface area contributed by atoms with Gasteiger partial charge in [-0.2, -0.15) is 0 Å². The van der Waals surface area contributed by atoms with Crippen molar-refractivity contribution in [2.75, 3.05) is 0 Å². The Morgan fingerprint density at radius 2 is 1.90 bits per heavy atom. The lowest BCUT2D eigenvalue weighted by atomic mass is 10.0. The summed E-state index contributed by atoms with van der Waals surface area (Å²) in [4.78, 5) is 10.9. The quantitative estimate of drug-likeness (QED) is 0.645. The van der Waals surface area contributed by atoms with Crippen molar-refractivity contribution in [1.82, 2.24) is 0 Å². The number of ketones is 1. The third-order valence-corrected chi connectivity index (χ3v) is 1.48. The van der Waals surface area contributed by atoms with Crippen molar-refractivity contribution in [1.29, 1.82) is 0 Å². The van der Waals surface area contributed by atoms with Crippen molar-refractivity contribution in [2.45, 2.75) is 39.7 Å². The highest BCUT2D eigenvalue weighted by Gasteiger charge is 2.07. The lowest BCUT2D eigenvalue weighted by Gasteiger charge is -2.05. The van der Waals surface area contributed by atoms with E-state index in [1.165, 1.54) is 0 Å². The number of rotatable bonds is 4.